The maximum absolute atomic E-state index is 12.7. The summed E-state index contributed by atoms with van der Waals surface area (Å²) in [5, 5.41) is 3.42. The van der Waals surface area contributed by atoms with Crippen molar-refractivity contribution in [2.24, 2.45) is 11.7 Å². The second kappa shape index (κ2) is 8.69. The Morgan fingerprint density at radius 3 is 2.59 bits per heavy atom. The molecule has 0 spiro atoms. The predicted molar refractivity (Wildman–Crippen MR) is 113 cm³/mol. The zero-order valence-corrected chi connectivity index (χ0v) is 17.3. The number of anilines is 2. The number of pyridine rings is 1. The number of nitrogens with zero attached hydrogens (tertiary/aromatic N) is 2. The highest BCUT2D eigenvalue weighted by Gasteiger charge is 2.30. The van der Waals surface area contributed by atoms with E-state index in [9.17, 15) is 9.59 Å². The fourth-order valence-electron chi connectivity index (χ4n) is 3.19. The van der Waals surface area contributed by atoms with Crippen molar-refractivity contribution in [2.75, 3.05) is 23.3 Å². The van der Waals surface area contributed by atoms with Crippen LogP contribution in [0.3, 0.4) is 0 Å². The number of amides is 2. The lowest BCUT2D eigenvalue weighted by molar-refractivity contribution is -0.128. The number of aromatic nitrogens is 1. The first-order valence-corrected chi connectivity index (χ1v) is 9.89. The van der Waals surface area contributed by atoms with E-state index in [2.05, 4.69) is 10.3 Å². The van der Waals surface area contributed by atoms with E-state index in [-0.39, 0.29) is 17.7 Å². The average molecular weight is 417 g/mol. The molecule has 1 aliphatic rings. The van der Waals surface area contributed by atoms with Crippen molar-refractivity contribution in [3.05, 3.63) is 47.6 Å². The summed E-state index contributed by atoms with van der Waals surface area (Å²) in [6.07, 6.45) is 3.30. The quantitative estimate of drug-likeness (QED) is 0.753. The van der Waals surface area contributed by atoms with Crippen LogP contribution in [0.25, 0.3) is 0 Å². The van der Waals surface area contributed by atoms with E-state index >= 15 is 0 Å². The Kier molecular flexibility index (Phi) is 6.27. The van der Waals surface area contributed by atoms with Crippen molar-refractivity contribution in [1.29, 1.82) is 0 Å². The van der Waals surface area contributed by atoms with Crippen molar-refractivity contribution in [2.45, 2.75) is 32.3 Å². The van der Waals surface area contributed by atoms with E-state index < -0.39 is 5.60 Å². The van der Waals surface area contributed by atoms with Gasteiger partial charge in [-0.25, -0.2) is 4.98 Å². The molecule has 29 heavy (non-hydrogen) atoms. The second-order valence-corrected chi connectivity index (χ2v) is 8.05. The highest BCUT2D eigenvalue weighted by atomic mass is 35.5. The fourth-order valence-corrected chi connectivity index (χ4v) is 3.32. The first-order valence-electron chi connectivity index (χ1n) is 9.51. The van der Waals surface area contributed by atoms with Gasteiger partial charge in [0.25, 0.3) is 5.91 Å². The molecular weight excluding hydrogens is 392 g/mol. The number of carbonyl (C=O) groups is 2. The molecule has 8 heteroatoms. The SMILES string of the molecule is CC(C)(Oc1ccc(Cl)cc1)C(=O)Nc1ccc(N2CCCC(C(N)=O)C2)nc1. The van der Waals surface area contributed by atoms with Gasteiger partial charge >= 0.3 is 0 Å². The Morgan fingerprint density at radius 1 is 1.24 bits per heavy atom. The van der Waals surface area contributed by atoms with Gasteiger partial charge in [0.1, 0.15) is 11.6 Å². The van der Waals surface area contributed by atoms with Crippen LogP contribution in [0.4, 0.5) is 11.5 Å². The summed E-state index contributed by atoms with van der Waals surface area (Å²) in [6.45, 7) is 4.77. The van der Waals surface area contributed by atoms with Gasteiger partial charge in [0.15, 0.2) is 5.60 Å². The number of benzene rings is 1. The number of nitrogens with one attached hydrogen (secondary N) is 1. The number of hydrogen-bond acceptors (Lipinski definition) is 5. The number of ether oxygens (including phenoxy) is 1. The normalized spacial score (nSPS) is 16.9. The van der Waals surface area contributed by atoms with Crippen LogP contribution < -0.4 is 20.7 Å². The lowest BCUT2D eigenvalue weighted by atomic mass is 9.97. The van der Waals surface area contributed by atoms with Gasteiger partial charge in [-0.3, -0.25) is 9.59 Å². The molecule has 7 nitrogen and oxygen atoms in total. The van der Waals surface area contributed by atoms with Crippen LogP contribution in [0.15, 0.2) is 42.6 Å². The number of primary amides is 1. The zero-order valence-electron chi connectivity index (χ0n) is 16.5. The minimum Gasteiger partial charge on any atom is -0.478 e. The Balaban J connectivity index is 1.61. The fraction of sp³-hybridized carbons (Fsp3) is 0.381. The van der Waals surface area contributed by atoms with Gasteiger partial charge in [-0.05, 0) is 63.1 Å². The summed E-state index contributed by atoms with van der Waals surface area (Å²) in [7, 11) is 0. The molecule has 1 aromatic heterocycles. The van der Waals surface area contributed by atoms with Crippen LogP contribution in [0.2, 0.25) is 5.02 Å². The van der Waals surface area contributed by atoms with Gasteiger partial charge < -0.3 is 20.7 Å². The standard InChI is InChI=1S/C21H25ClN4O3/c1-21(2,29-17-8-5-15(22)6-9-17)20(28)25-16-7-10-18(24-12-16)26-11-3-4-14(13-26)19(23)27/h5-10,12,14H,3-4,11,13H2,1-2H3,(H2,23,27)(H,25,28). The number of carbonyl (C=O) groups excluding carboxylic acids is 2. The summed E-state index contributed by atoms with van der Waals surface area (Å²) in [4.78, 5) is 30.6. The van der Waals surface area contributed by atoms with Gasteiger partial charge in [0.05, 0.1) is 17.8 Å². The third-order valence-electron chi connectivity index (χ3n) is 4.89. The van der Waals surface area contributed by atoms with E-state index in [1.807, 2.05) is 11.0 Å². The molecule has 3 rings (SSSR count). The third-order valence-corrected chi connectivity index (χ3v) is 5.14. The minimum atomic E-state index is -1.09. The predicted octanol–water partition coefficient (Wildman–Crippen LogP) is 3.23. The largest absolute Gasteiger partial charge is 0.478 e. The molecule has 1 atom stereocenters. The molecule has 1 unspecified atom stereocenters. The Labute approximate surface area is 175 Å². The van der Waals surface area contributed by atoms with Gasteiger partial charge in [-0.15, -0.1) is 0 Å². The third kappa shape index (κ3) is 5.38. The summed E-state index contributed by atoms with van der Waals surface area (Å²) < 4.78 is 5.80. The maximum Gasteiger partial charge on any atom is 0.268 e. The lowest BCUT2D eigenvalue weighted by Crippen LogP contribution is -2.42. The molecule has 3 N–H and O–H groups in total. The first-order chi connectivity index (χ1) is 13.7. The van der Waals surface area contributed by atoms with Crippen LogP contribution in [0.5, 0.6) is 5.75 Å². The van der Waals surface area contributed by atoms with E-state index in [0.29, 0.717) is 23.0 Å². The topological polar surface area (TPSA) is 97.5 Å². The summed E-state index contributed by atoms with van der Waals surface area (Å²) in [5.74, 6) is 0.578. The number of halogens is 1. The van der Waals surface area contributed by atoms with Crippen molar-refractivity contribution in [3.8, 4) is 5.75 Å². The molecule has 2 amide bonds. The van der Waals surface area contributed by atoms with Gasteiger partial charge in [-0.2, -0.15) is 0 Å². The molecule has 154 valence electrons. The first kappa shape index (κ1) is 20.9. The Morgan fingerprint density at radius 2 is 1.97 bits per heavy atom. The van der Waals surface area contributed by atoms with Gasteiger partial charge in [0, 0.05) is 18.1 Å². The molecule has 0 aliphatic carbocycles. The Hall–Kier alpha value is -2.80. The van der Waals surface area contributed by atoms with Crippen LogP contribution >= 0.6 is 11.6 Å². The van der Waals surface area contributed by atoms with Crippen LogP contribution in [-0.4, -0.2) is 35.5 Å². The summed E-state index contributed by atoms with van der Waals surface area (Å²) in [6, 6.07) is 10.4. The number of nitrogens with two attached hydrogens (primary N) is 1. The summed E-state index contributed by atoms with van der Waals surface area (Å²) in [5.41, 5.74) is 4.91. The highest BCUT2D eigenvalue weighted by Crippen LogP contribution is 2.24. The van der Waals surface area contributed by atoms with Crippen molar-refractivity contribution < 1.29 is 14.3 Å². The van der Waals surface area contributed by atoms with Gasteiger partial charge in [-0.1, -0.05) is 11.6 Å². The monoisotopic (exact) mass is 416 g/mol. The molecule has 1 aromatic carbocycles. The van der Waals surface area contributed by atoms with E-state index in [4.69, 9.17) is 22.1 Å². The van der Waals surface area contributed by atoms with Crippen LogP contribution in [0, 0.1) is 5.92 Å². The number of hydrogen-bond donors (Lipinski definition) is 2. The maximum atomic E-state index is 12.7. The highest BCUT2D eigenvalue weighted by molar-refractivity contribution is 6.30. The average Bonchev–Trinajstić information content (AvgIpc) is 2.70. The molecule has 1 fully saturated rings. The van der Waals surface area contributed by atoms with E-state index in [0.717, 1.165) is 25.2 Å². The van der Waals surface area contributed by atoms with Crippen LogP contribution in [0.1, 0.15) is 26.7 Å². The molecule has 2 aromatic rings. The summed E-state index contributed by atoms with van der Waals surface area (Å²) >= 11 is 5.88. The van der Waals surface area contributed by atoms with Crippen molar-refractivity contribution in [1.82, 2.24) is 4.98 Å². The molecule has 0 saturated carbocycles. The number of piperidine rings is 1. The molecule has 2 heterocycles. The molecule has 0 radical (unpaired) electrons. The van der Waals surface area contributed by atoms with Crippen molar-refractivity contribution in [3.63, 3.8) is 0 Å². The molecule has 0 bridgehead atoms. The van der Waals surface area contributed by atoms with Gasteiger partial charge in [0.2, 0.25) is 5.91 Å². The number of rotatable bonds is 6. The second-order valence-electron chi connectivity index (χ2n) is 7.61. The van der Waals surface area contributed by atoms with E-state index in [1.165, 1.54) is 0 Å². The zero-order chi connectivity index (χ0) is 21.0. The van der Waals surface area contributed by atoms with Crippen LogP contribution in [-0.2, 0) is 9.59 Å². The van der Waals surface area contributed by atoms with E-state index in [1.54, 1.807) is 50.4 Å². The minimum absolute atomic E-state index is 0.157. The Bertz CT molecular complexity index is 868. The smallest absolute Gasteiger partial charge is 0.268 e. The van der Waals surface area contributed by atoms with Crippen molar-refractivity contribution >= 4 is 34.9 Å². The lowest BCUT2D eigenvalue weighted by Gasteiger charge is -2.32. The molecule has 1 aliphatic heterocycles. The molecular formula is C21H25ClN4O3. The molecule has 1 saturated heterocycles.